The molecule has 0 fully saturated rings. The van der Waals surface area contributed by atoms with Crippen molar-refractivity contribution < 1.29 is 57.4 Å². The van der Waals surface area contributed by atoms with Crippen LogP contribution in [0.4, 0.5) is 20.1 Å². The smallest absolute Gasteiger partial charge is 0.410 e. The van der Waals surface area contributed by atoms with E-state index in [9.17, 15) is 47.9 Å². The first-order chi connectivity index (χ1) is 34.6. The number of nitrogens with two attached hydrogens (primary N) is 1. The second-order valence-corrected chi connectivity index (χ2v) is 18.4. The Bertz CT molecular complexity index is 2550. The number of amides is 11. The van der Waals surface area contributed by atoms with E-state index in [-0.39, 0.29) is 58.5 Å². The van der Waals surface area contributed by atoms with Gasteiger partial charge < -0.3 is 46.3 Å². The highest BCUT2D eigenvalue weighted by atomic mass is 16.6. The number of anilines is 1. The number of imide groups is 2. The SMILES string of the molecule is CC(C)[C@H](NC(=O)CCC(CN1C(=O)C=CC1=O)N1C(=O)C=CC1=O)C(=O)N[C@@H](CCCNC(N)=O)C(=O)Nc1ccc(COC(=O)N(C)CCN(C)C(=O)OC(C)(C)c2ccc(-c3ccccc3)cc2)cc1. The number of benzene rings is 3. The van der Waals surface area contributed by atoms with Gasteiger partial charge in [0.2, 0.25) is 17.7 Å². The standard InChI is InChI=1S/C52H63N9O12/c1-33(2)46(57-41(62)23-22-39(61-44(65)26-27-45(61)66)31-60-42(63)24-25-43(60)64)48(68)56-40(13-10-28-54-49(53)69)47(67)55-38-20-14-34(15-21-38)32-72-50(70)58(5)29-30-59(6)51(71)73-52(3,4)37-18-16-36(17-19-37)35-11-8-7-9-12-35/h7-9,11-12,14-21,24-27,33,39-40,46H,10,13,22-23,28-32H2,1-6H3,(H,55,67)(H,56,68)(H,57,62)(H3,53,54,69)/t39?,40-,46-/m0/s1. The number of rotatable bonds is 24. The van der Waals surface area contributed by atoms with Gasteiger partial charge in [-0.2, -0.15) is 0 Å². The van der Waals surface area contributed by atoms with Gasteiger partial charge in [-0.15, -0.1) is 0 Å². The van der Waals surface area contributed by atoms with Gasteiger partial charge in [-0.25, -0.2) is 14.4 Å². The third kappa shape index (κ3) is 16.1. The molecule has 0 aliphatic carbocycles. The number of carbonyl (C=O) groups excluding carboxylic acids is 10. The van der Waals surface area contributed by atoms with E-state index < -0.39 is 89.2 Å². The normalized spacial score (nSPS) is 14.4. The van der Waals surface area contributed by atoms with Gasteiger partial charge in [0.05, 0.1) is 12.6 Å². The molecule has 3 aromatic rings. The van der Waals surface area contributed by atoms with Crippen molar-refractivity contribution in [3.63, 3.8) is 0 Å². The second-order valence-electron chi connectivity index (χ2n) is 18.4. The minimum Gasteiger partial charge on any atom is -0.445 e. The molecule has 3 aromatic carbocycles. The summed E-state index contributed by atoms with van der Waals surface area (Å²) in [7, 11) is 3.12. The van der Waals surface area contributed by atoms with E-state index in [1.807, 2.05) is 54.6 Å². The summed E-state index contributed by atoms with van der Waals surface area (Å²) in [6.07, 6.45) is 2.84. The molecule has 2 aliphatic heterocycles. The van der Waals surface area contributed by atoms with Crippen molar-refractivity contribution in [2.45, 2.75) is 83.7 Å². The number of urea groups is 1. The molecule has 11 amide bonds. The van der Waals surface area contributed by atoms with Gasteiger partial charge in [-0.3, -0.25) is 43.4 Å². The van der Waals surface area contributed by atoms with Crippen LogP contribution in [0.2, 0.25) is 0 Å². The van der Waals surface area contributed by atoms with Crippen LogP contribution < -0.4 is 27.0 Å². The maximum Gasteiger partial charge on any atom is 0.410 e. The largest absolute Gasteiger partial charge is 0.445 e. The van der Waals surface area contributed by atoms with E-state index in [4.69, 9.17) is 15.2 Å². The number of nitrogens with one attached hydrogen (secondary N) is 4. The first-order valence-electron chi connectivity index (χ1n) is 23.7. The Morgan fingerprint density at radius 2 is 1.27 bits per heavy atom. The zero-order chi connectivity index (χ0) is 53.4. The number of carbonyl (C=O) groups is 10. The van der Waals surface area contributed by atoms with Crippen LogP contribution in [-0.4, -0.2) is 138 Å². The molecule has 21 heteroatoms. The van der Waals surface area contributed by atoms with Crippen molar-refractivity contribution in [1.29, 1.82) is 0 Å². The fraction of sp³-hybridized carbons (Fsp3) is 0.385. The molecule has 0 radical (unpaired) electrons. The van der Waals surface area contributed by atoms with Gasteiger partial charge in [-0.1, -0.05) is 80.6 Å². The minimum atomic E-state index is -1.16. The van der Waals surface area contributed by atoms with Crippen molar-refractivity contribution in [3.8, 4) is 11.1 Å². The average molecular weight is 1010 g/mol. The molecule has 3 atom stereocenters. The van der Waals surface area contributed by atoms with Crippen LogP contribution in [0.25, 0.3) is 11.1 Å². The van der Waals surface area contributed by atoms with Crippen LogP contribution in [0.5, 0.6) is 0 Å². The molecule has 6 N–H and O–H groups in total. The summed E-state index contributed by atoms with van der Waals surface area (Å²) in [6.45, 7) is 6.92. The molecule has 0 bridgehead atoms. The van der Waals surface area contributed by atoms with E-state index in [0.717, 1.165) is 50.8 Å². The van der Waals surface area contributed by atoms with Crippen molar-refractivity contribution in [3.05, 3.63) is 114 Å². The fourth-order valence-electron chi connectivity index (χ4n) is 7.72. The lowest BCUT2D eigenvalue weighted by Gasteiger charge is -2.29. The van der Waals surface area contributed by atoms with E-state index in [1.165, 1.54) is 16.8 Å². The lowest BCUT2D eigenvalue weighted by molar-refractivity contribution is -0.145. The molecule has 0 saturated carbocycles. The second kappa shape index (κ2) is 25.7. The van der Waals surface area contributed by atoms with Crippen LogP contribution in [0.15, 0.2) is 103 Å². The number of hydrogen-bond donors (Lipinski definition) is 5. The maximum atomic E-state index is 13.8. The van der Waals surface area contributed by atoms with Gasteiger partial charge in [0, 0.05) is 70.1 Å². The number of primary amides is 1. The van der Waals surface area contributed by atoms with Crippen molar-refractivity contribution >= 4 is 65.3 Å². The van der Waals surface area contributed by atoms with E-state index >= 15 is 0 Å². The predicted octanol–water partition coefficient (Wildman–Crippen LogP) is 3.94. The summed E-state index contributed by atoms with van der Waals surface area (Å²) in [5.74, 6) is -5.04. The third-order valence-electron chi connectivity index (χ3n) is 12.1. The summed E-state index contributed by atoms with van der Waals surface area (Å²) in [5, 5.41) is 10.5. The van der Waals surface area contributed by atoms with Gasteiger partial charge in [0.1, 0.15) is 24.3 Å². The molecule has 73 heavy (non-hydrogen) atoms. The summed E-state index contributed by atoms with van der Waals surface area (Å²) in [5.41, 5.74) is 8.14. The molecule has 1 unspecified atom stereocenters. The van der Waals surface area contributed by atoms with E-state index in [0.29, 0.717) is 11.3 Å². The number of likely N-dealkylation sites (N-methyl/N-ethyl adjacent to an activating group) is 2. The quantitative estimate of drug-likeness (QED) is 0.0631. The highest BCUT2D eigenvalue weighted by molar-refractivity contribution is 6.14. The summed E-state index contributed by atoms with van der Waals surface area (Å²) >= 11 is 0. The Balaban J connectivity index is 1.10. The van der Waals surface area contributed by atoms with Crippen molar-refractivity contribution in [2.24, 2.45) is 11.7 Å². The lowest BCUT2D eigenvalue weighted by atomic mass is 9.95. The molecule has 21 nitrogen and oxygen atoms in total. The zero-order valence-electron chi connectivity index (χ0n) is 41.8. The predicted molar refractivity (Wildman–Crippen MR) is 267 cm³/mol. The molecule has 2 aliphatic rings. The van der Waals surface area contributed by atoms with Crippen molar-refractivity contribution in [1.82, 2.24) is 35.6 Å². The Labute approximate surface area is 423 Å². The van der Waals surface area contributed by atoms with Gasteiger partial charge in [0.25, 0.3) is 23.6 Å². The molecule has 2 heterocycles. The highest BCUT2D eigenvalue weighted by Gasteiger charge is 2.37. The fourth-order valence-corrected chi connectivity index (χ4v) is 7.72. The molecule has 0 aromatic heterocycles. The highest BCUT2D eigenvalue weighted by Crippen LogP contribution is 2.29. The number of ether oxygens (including phenoxy) is 2. The van der Waals surface area contributed by atoms with Crippen LogP contribution >= 0.6 is 0 Å². The molecule has 0 saturated heterocycles. The van der Waals surface area contributed by atoms with E-state index in [1.54, 1.807) is 59.0 Å². The van der Waals surface area contributed by atoms with E-state index in [2.05, 4.69) is 21.3 Å². The summed E-state index contributed by atoms with van der Waals surface area (Å²) in [6, 6.07) is 20.0. The Morgan fingerprint density at radius 3 is 1.86 bits per heavy atom. The Morgan fingerprint density at radius 1 is 0.699 bits per heavy atom. The number of hydrogen-bond acceptors (Lipinski definition) is 12. The van der Waals surface area contributed by atoms with Crippen LogP contribution in [0, 0.1) is 5.92 Å². The lowest BCUT2D eigenvalue weighted by Crippen LogP contribution is -2.55. The summed E-state index contributed by atoms with van der Waals surface area (Å²) < 4.78 is 11.3. The summed E-state index contributed by atoms with van der Waals surface area (Å²) in [4.78, 5) is 132. The van der Waals surface area contributed by atoms with Gasteiger partial charge in [-0.05, 0) is 73.4 Å². The molecular weight excluding hydrogens is 943 g/mol. The van der Waals surface area contributed by atoms with Gasteiger partial charge >= 0.3 is 18.2 Å². The van der Waals surface area contributed by atoms with Gasteiger partial charge in [0.15, 0.2) is 0 Å². The first-order valence-corrected chi connectivity index (χ1v) is 23.7. The third-order valence-corrected chi connectivity index (χ3v) is 12.1. The Hall–Kier alpha value is -8.36. The first kappa shape index (κ1) is 55.6. The maximum absolute atomic E-state index is 13.8. The van der Waals surface area contributed by atoms with Crippen molar-refractivity contribution in [2.75, 3.05) is 45.6 Å². The average Bonchev–Trinajstić information content (AvgIpc) is 3.87. The monoisotopic (exact) mass is 1010 g/mol. The molecular formula is C52H63N9O12. The minimum absolute atomic E-state index is 0.0491. The van der Waals surface area contributed by atoms with Crippen LogP contribution in [0.1, 0.15) is 64.5 Å². The van der Waals surface area contributed by atoms with Crippen LogP contribution in [0.3, 0.4) is 0 Å². The Kier molecular flexibility index (Phi) is 19.5. The molecule has 5 rings (SSSR count). The topological polar surface area (TPSA) is 276 Å². The molecule has 388 valence electrons. The molecule has 0 spiro atoms. The zero-order valence-corrected chi connectivity index (χ0v) is 41.8. The van der Waals surface area contributed by atoms with Crippen LogP contribution in [-0.2, 0) is 55.2 Å². The number of nitrogens with zero attached hydrogens (tertiary/aromatic N) is 4.